The van der Waals surface area contributed by atoms with Crippen LogP contribution in [0.1, 0.15) is 27.6 Å². The zero-order chi connectivity index (χ0) is 14.9. The second kappa shape index (κ2) is 5.88. The van der Waals surface area contributed by atoms with Gasteiger partial charge >= 0.3 is 0 Å². The minimum absolute atomic E-state index is 0.240. The van der Waals surface area contributed by atoms with Gasteiger partial charge in [-0.25, -0.2) is 13.2 Å². The van der Waals surface area contributed by atoms with Crippen LogP contribution < -0.4 is 0 Å². The molecule has 0 spiro atoms. The van der Waals surface area contributed by atoms with Crippen LogP contribution >= 0.6 is 11.6 Å². The lowest BCUT2D eigenvalue weighted by Crippen LogP contribution is -2.02. The van der Waals surface area contributed by atoms with Gasteiger partial charge in [-0.2, -0.15) is 0 Å². The Morgan fingerprint density at radius 1 is 1.00 bits per heavy atom. The van der Waals surface area contributed by atoms with Crippen molar-refractivity contribution in [3.05, 3.63) is 70.0 Å². The van der Waals surface area contributed by atoms with E-state index in [2.05, 4.69) is 0 Å². The van der Waals surface area contributed by atoms with Gasteiger partial charge in [-0.15, -0.1) is 11.6 Å². The van der Waals surface area contributed by atoms with Crippen LogP contribution in [0.2, 0.25) is 0 Å². The van der Waals surface area contributed by atoms with Gasteiger partial charge in [0.05, 0.1) is 5.38 Å². The van der Waals surface area contributed by atoms with Gasteiger partial charge in [-0.3, -0.25) is 0 Å². The van der Waals surface area contributed by atoms with Crippen molar-refractivity contribution in [3.63, 3.8) is 0 Å². The van der Waals surface area contributed by atoms with Gasteiger partial charge in [0, 0.05) is 0 Å². The Labute approximate surface area is 121 Å². The third-order valence-corrected chi connectivity index (χ3v) is 3.68. The summed E-state index contributed by atoms with van der Waals surface area (Å²) in [6.45, 7) is 3.91. The van der Waals surface area contributed by atoms with Crippen molar-refractivity contribution in [2.75, 3.05) is 0 Å². The first-order chi connectivity index (χ1) is 9.38. The van der Waals surface area contributed by atoms with Crippen molar-refractivity contribution >= 4 is 11.6 Å². The molecule has 1 unspecified atom stereocenters. The lowest BCUT2D eigenvalue weighted by molar-refractivity contribution is 0.445. The summed E-state index contributed by atoms with van der Waals surface area (Å²) in [6, 6.07) is 7.84. The monoisotopic (exact) mass is 298 g/mol. The fourth-order valence-electron chi connectivity index (χ4n) is 2.09. The lowest BCUT2D eigenvalue weighted by Gasteiger charge is -2.13. The molecule has 0 saturated heterocycles. The van der Waals surface area contributed by atoms with Crippen LogP contribution in [0.4, 0.5) is 13.2 Å². The summed E-state index contributed by atoms with van der Waals surface area (Å²) in [7, 11) is 0. The van der Waals surface area contributed by atoms with E-state index in [1.807, 2.05) is 32.0 Å². The van der Waals surface area contributed by atoms with E-state index in [4.69, 9.17) is 11.6 Å². The first-order valence-corrected chi connectivity index (χ1v) is 6.66. The second-order valence-electron chi connectivity index (χ2n) is 4.90. The number of rotatable bonds is 3. The molecular formula is C16H14ClF3. The Hall–Kier alpha value is -1.48. The molecule has 1 atom stereocenters. The molecule has 0 N–H and O–H groups in total. The fraction of sp³-hybridized carbons (Fsp3) is 0.250. The summed E-state index contributed by atoms with van der Waals surface area (Å²) < 4.78 is 39.3. The molecule has 2 aromatic rings. The van der Waals surface area contributed by atoms with Gasteiger partial charge in [0.1, 0.15) is 0 Å². The van der Waals surface area contributed by atoms with Crippen LogP contribution in [0.15, 0.2) is 30.3 Å². The van der Waals surface area contributed by atoms with Crippen LogP contribution in [0.3, 0.4) is 0 Å². The fourth-order valence-corrected chi connectivity index (χ4v) is 2.38. The summed E-state index contributed by atoms with van der Waals surface area (Å²) in [5.41, 5.74) is 3.40. The minimum atomic E-state index is -1.47. The Kier molecular flexibility index (Phi) is 4.39. The molecule has 2 rings (SSSR count). The Balaban J connectivity index is 2.28. The molecule has 0 saturated carbocycles. The van der Waals surface area contributed by atoms with Crippen molar-refractivity contribution in [3.8, 4) is 0 Å². The normalized spacial score (nSPS) is 12.5. The van der Waals surface area contributed by atoms with E-state index in [0.717, 1.165) is 28.8 Å². The number of benzene rings is 2. The maximum absolute atomic E-state index is 13.2. The zero-order valence-electron chi connectivity index (χ0n) is 11.2. The Bertz CT molecular complexity index is 615. The largest absolute Gasteiger partial charge is 0.204 e. The molecule has 0 bridgehead atoms. The summed E-state index contributed by atoms with van der Waals surface area (Å²) >= 11 is 6.21. The molecule has 0 aliphatic rings. The standard InChI is InChI=1S/C16H14ClF3/c1-9-3-4-10(2)11(5-9)6-13(17)12-7-14(18)16(20)15(19)8-12/h3-5,7-8,13H,6H2,1-2H3. The first kappa shape index (κ1) is 14.9. The van der Waals surface area contributed by atoms with Crippen molar-refractivity contribution in [2.24, 2.45) is 0 Å². The van der Waals surface area contributed by atoms with Crippen LogP contribution in [0.5, 0.6) is 0 Å². The van der Waals surface area contributed by atoms with E-state index in [1.165, 1.54) is 0 Å². The van der Waals surface area contributed by atoms with Crippen LogP contribution in [0.25, 0.3) is 0 Å². The molecule has 0 amide bonds. The number of hydrogen-bond donors (Lipinski definition) is 0. The topological polar surface area (TPSA) is 0 Å². The van der Waals surface area contributed by atoms with E-state index in [0.29, 0.717) is 6.42 Å². The van der Waals surface area contributed by atoms with Crippen LogP contribution in [-0.2, 0) is 6.42 Å². The molecule has 20 heavy (non-hydrogen) atoms. The molecule has 0 fully saturated rings. The summed E-state index contributed by atoms with van der Waals surface area (Å²) in [5.74, 6) is -3.90. The van der Waals surface area contributed by atoms with Crippen molar-refractivity contribution in [1.82, 2.24) is 0 Å². The molecule has 0 aromatic heterocycles. The van der Waals surface area contributed by atoms with Crippen molar-refractivity contribution in [2.45, 2.75) is 25.6 Å². The quantitative estimate of drug-likeness (QED) is 0.537. The smallest absolute Gasteiger partial charge is 0.194 e. The average Bonchev–Trinajstić information content (AvgIpc) is 2.39. The molecule has 0 radical (unpaired) electrons. The third-order valence-electron chi connectivity index (χ3n) is 3.27. The molecule has 0 heterocycles. The highest BCUT2D eigenvalue weighted by molar-refractivity contribution is 6.20. The number of halogens is 4. The summed E-state index contributed by atoms with van der Waals surface area (Å²) in [6.07, 6.45) is 0.430. The Morgan fingerprint density at radius 3 is 2.20 bits per heavy atom. The van der Waals surface area contributed by atoms with E-state index in [9.17, 15) is 13.2 Å². The second-order valence-corrected chi connectivity index (χ2v) is 5.43. The molecular weight excluding hydrogens is 285 g/mol. The summed E-state index contributed by atoms with van der Waals surface area (Å²) in [4.78, 5) is 0. The van der Waals surface area contributed by atoms with Crippen molar-refractivity contribution < 1.29 is 13.2 Å². The highest BCUT2D eigenvalue weighted by Gasteiger charge is 2.16. The highest BCUT2D eigenvalue weighted by Crippen LogP contribution is 2.28. The first-order valence-electron chi connectivity index (χ1n) is 6.23. The average molecular weight is 299 g/mol. The van der Waals surface area contributed by atoms with Crippen molar-refractivity contribution in [1.29, 1.82) is 0 Å². The van der Waals surface area contributed by atoms with Gasteiger partial charge in [0.15, 0.2) is 17.5 Å². The van der Waals surface area contributed by atoms with Gasteiger partial charge in [-0.1, -0.05) is 23.8 Å². The van der Waals surface area contributed by atoms with E-state index >= 15 is 0 Å². The lowest BCUT2D eigenvalue weighted by atomic mass is 9.98. The maximum Gasteiger partial charge on any atom is 0.194 e. The molecule has 0 aliphatic heterocycles. The summed E-state index contributed by atoms with van der Waals surface area (Å²) in [5, 5.41) is -0.611. The van der Waals surface area contributed by atoms with E-state index in [-0.39, 0.29) is 5.56 Å². The molecule has 4 heteroatoms. The van der Waals surface area contributed by atoms with Gasteiger partial charge < -0.3 is 0 Å². The van der Waals surface area contributed by atoms with Gasteiger partial charge in [0.2, 0.25) is 0 Å². The van der Waals surface area contributed by atoms with E-state index < -0.39 is 22.8 Å². The molecule has 2 aromatic carbocycles. The minimum Gasteiger partial charge on any atom is -0.204 e. The Morgan fingerprint density at radius 2 is 1.60 bits per heavy atom. The van der Waals surface area contributed by atoms with Crippen LogP contribution in [0, 0.1) is 31.3 Å². The SMILES string of the molecule is Cc1ccc(C)c(CC(Cl)c2cc(F)c(F)c(F)c2)c1. The molecule has 106 valence electrons. The maximum atomic E-state index is 13.2. The highest BCUT2D eigenvalue weighted by atomic mass is 35.5. The van der Waals surface area contributed by atoms with Gasteiger partial charge in [-0.05, 0) is 49.1 Å². The number of alkyl halides is 1. The number of aryl methyl sites for hydroxylation is 2. The zero-order valence-corrected chi connectivity index (χ0v) is 11.9. The molecule has 0 nitrogen and oxygen atoms in total. The van der Waals surface area contributed by atoms with E-state index in [1.54, 1.807) is 0 Å². The number of hydrogen-bond acceptors (Lipinski definition) is 0. The molecule has 0 aliphatic carbocycles. The third kappa shape index (κ3) is 3.15. The predicted molar refractivity (Wildman–Crippen MR) is 74.5 cm³/mol. The predicted octanol–water partition coefficient (Wildman–Crippen LogP) is 5.24. The van der Waals surface area contributed by atoms with Crippen LogP contribution in [-0.4, -0.2) is 0 Å². The van der Waals surface area contributed by atoms with Gasteiger partial charge in [0.25, 0.3) is 0 Å².